The number of benzene rings is 2. The Morgan fingerprint density at radius 1 is 0.912 bits per heavy atom. The van der Waals surface area contributed by atoms with Crippen LogP contribution in [0.15, 0.2) is 73.4 Å². The molecule has 0 amide bonds. The number of hydrogen-bond acceptors (Lipinski definition) is 7. The number of aryl methyl sites for hydroxylation is 1. The van der Waals surface area contributed by atoms with Crippen molar-refractivity contribution in [1.29, 1.82) is 0 Å². The van der Waals surface area contributed by atoms with Crippen LogP contribution in [0.5, 0.6) is 17.2 Å². The molecule has 3 aromatic heterocycles. The lowest BCUT2D eigenvalue weighted by Gasteiger charge is -2.13. The van der Waals surface area contributed by atoms with Gasteiger partial charge in [-0.25, -0.2) is 15.0 Å². The maximum absolute atomic E-state index is 6.10. The van der Waals surface area contributed by atoms with Gasteiger partial charge in [0, 0.05) is 42.3 Å². The first-order valence-corrected chi connectivity index (χ1v) is 11.1. The lowest BCUT2D eigenvalue weighted by Crippen LogP contribution is -2.06. The summed E-state index contributed by atoms with van der Waals surface area (Å²) in [6, 6.07) is 15.5. The molecule has 5 rings (SSSR count). The van der Waals surface area contributed by atoms with Gasteiger partial charge < -0.3 is 23.9 Å². The Labute approximate surface area is 197 Å². The van der Waals surface area contributed by atoms with E-state index in [1.54, 1.807) is 12.5 Å². The molecule has 1 N–H and O–H groups in total. The van der Waals surface area contributed by atoms with E-state index in [4.69, 9.17) is 14.2 Å². The number of ether oxygens (including phenoxy) is 3. The average Bonchev–Trinajstić information content (AvgIpc) is 3.32. The Morgan fingerprint density at radius 2 is 1.85 bits per heavy atom. The van der Waals surface area contributed by atoms with Gasteiger partial charge in [0.25, 0.3) is 0 Å². The second-order valence-corrected chi connectivity index (χ2v) is 7.71. The monoisotopic (exact) mass is 455 g/mol. The molecule has 3 heterocycles. The van der Waals surface area contributed by atoms with Crippen LogP contribution in [0.1, 0.15) is 12.5 Å². The van der Waals surface area contributed by atoms with Gasteiger partial charge in [0.05, 0.1) is 12.1 Å². The minimum absolute atomic E-state index is 0.490. The van der Waals surface area contributed by atoms with Gasteiger partial charge in [0.2, 0.25) is 0 Å². The minimum atomic E-state index is 0.490. The minimum Gasteiger partial charge on any atom is -0.491 e. The molecule has 0 aliphatic carbocycles. The highest BCUT2D eigenvalue weighted by Crippen LogP contribution is 2.31. The first-order valence-electron chi connectivity index (χ1n) is 11.1. The van der Waals surface area contributed by atoms with Crippen molar-refractivity contribution in [3.05, 3.63) is 79.0 Å². The summed E-state index contributed by atoms with van der Waals surface area (Å²) in [6.45, 7) is 5.69. The molecule has 8 heteroatoms. The third kappa shape index (κ3) is 4.77. The topological polar surface area (TPSA) is 82.8 Å². The second kappa shape index (κ2) is 9.76. The van der Waals surface area contributed by atoms with Crippen molar-refractivity contribution in [1.82, 2.24) is 19.4 Å². The van der Waals surface area contributed by atoms with Crippen molar-refractivity contribution < 1.29 is 14.2 Å². The lowest BCUT2D eigenvalue weighted by molar-refractivity contribution is 0.110. The molecule has 0 radical (unpaired) electrons. The third-order valence-electron chi connectivity index (χ3n) is 5.34. The zero-order valence-electron chi connectivity index (χ0n) is 19.1. The number of imidazole rings is 1. The van der Waals surface area contributed by atoms with Gasteiger partial charge in [-0.2, -0.15) is 0 Å². The summed E-state index contributed by atoms with van der Waals surface area (Å²) < 4.78 is 19.2. The van der Waals surface area contributed by atoms with Crippen molar-refractivity contribution in [3.8, 4) is 17.2 Å². The molecule has 0 spiro atoms. The summed E-state index contributed by atoms with van der Waals surface area (Å²) in [7, 11) is 0. The molecule has 34 heavy (non-hydrogen) atoms. The molecule has 8 nitrogen and oxygen atoms in total. The molecule has 0 bridgehead atoms. The van der Waals surface area contributed by atoms with Gasteiger partial charge in [-0.3, -0.25) is 0 Å². The molecule has 0 aliphatic rings. The van der Waals surface area contributed by atoms with Crippen molar-refractivity contribution >= 4 is 28.1 Å². The van der Waals surface area contributed by atoms with Crippen LogP contribution in [0.4, 0.5) is 11.5 Å². The Kier molecular flexibility index (Phi) is 6.22. The Morgan fingerprint density at radius 3 is 2.74 bits per heavy atom. The average molecular weight is 456 g/mol. The number of fused-ring (bicyclic) bond motifs is 2. The Balaban J connectivity index is 1.34. The molecular weight excluding hydrogens is 430 g/mol. The molecule has 0 fully saturated rings. The normalized spacial score (nSPS) is 11.1. The zero-order valence-corrected chi connectivity index (χ0v) is 19.1. The smallest absolute Gasteiger partial charge is 0.141 e. The van der Waals surface area contributed by atoms with E-state index in [2.05, 4.69) is 20.3 Å². The summed E-state index contributed by atoms with van der Waals surface area (Å²) in [4.78, 5) is 13.1. The van der Waals surface area contributed by atoms with E-state index in [9.17, 15) is 0 Å². The van der Waals surface area contributed by atoms with Crippen molar-refractivity contribution in [3.63, 3.8) is 0 Å². The number of hydrogen-bond donors (Lipinski definition) is 1. The highest BCUT2D eigenvalue weighted by atomic mass is 16.5. The molecule has 0 atom stereocenters. The SMILES string of the molecule is CCOCCOc1ccc2ncnc(Nc3ccc(Oc4ccn5ccnc5c4)c(C)c3)c2c1. The fourth-order valence-electron chi connectivity index (χ4n) is 3.65. The lowest BCUT2D eigenvalue weighted by atomic mass is 10.2. The van der Waals surface area contributed by atoms with Crippen LogP contribution >= 0.6 is 0 Å². The molecule has 5 aromatic rings. The predicted octanol–water partition coefficient (Wildman–Crippen LogP) is 5.54. The molecule has 172 valence electrons. The number of aromatic nitrogens is 4. The van der Waals surface area contributed by atoms with Crippen molar-refractivity contribution in [2.45, 2.75) is 13.8 Å². The van der Waals surface area contributed by atoms with Crippen LogP contribution in [-0.2, 0) is 4.74 Å². The van der Waals surface area contributed by atoms with E-state index in [1.165, 1.54) is 0 Å². The Hall–Kier alpha value is -4.17. The molecule has 0 saturated carbocycles. The van der Waals surface area contributed by atoms with E-state index in [0.717, 1.165) is 45.0 Å². The standard InChI is InChI=1S/C26H25N5O3/c1-3-32-12-13-33-20-5-6-23-22(15-20)26(29-17-28-23)30-19-4-7-24(18(2)14-19)34-21-8-10-31-11-9-27-25(31)16-21/h4-11,14-17H,3,12-13H2,1-2H3,(H,28,29,30). The van der Waals surface area contributed by atoms with Crippen LogP contribution < -0.4 is 14.8 Å². The highest BCUT2D eigenvalue weighted by molar-refractivity contribution is 5.91. The van der Waals surface area contributed by atoms with Gasteiger partial charge in [0.15, 0.2) is 0 Å². The molecule has 0 saturated heterocycles. The number of anilines is 2. The number of pyridine rings is 1. The quantitative estimate of drug-likeness (QED) is 0.292. The first-order chi connectivity index (χ1) is 16.7. The van der Waals surface area contributed by atoms with E-state index in [0.29, 0.717) is 25.6 Å². The van der Waals surface area contributed by atoms with E-state index in [1.807, 2.05) is 79.2 Å². The van der Waals surface area contributed by atoms with Crippen LogP contribution in [0.3, 0.4) is 0 Å². The van der Waals surface area contributed by atoms with Crippen LogP contribution in [-0.4, -0.2) is 39.2 Å². The van der Waals surface area contributed by atoms with Gasteiger partial charge >= 0.3 is 0 Å². The van der Waals surface area contributed by atoms with E-state index in [-0.39, 0.29) is 0 Å². The number of nitrogens with zero attached hydrogens (tertiary/aromatic N) is 4. The third-order valence-corrected chi connectivity index (χ3v) is 5.34. The molecule has 2 aromatic carbocycles. The van der Waals surface area contributed by atoms with Crippen molar-refractivity contribution in [2.24, 2.45) is 0 Å². The molecular formula is C26H25N5O3. The van der Waals surface area contributed by atoms with Gasteiger partial charge in [-0.05, 0) is 61.9 Å². The maximum Gasteiger partial charge on any atom is 0.141 e. The van der Waals surface area contributed by atoms with E-state index >= 15 is 0 Å². The van der Waals surface area contributed by atoms with Gasteiger partial charge in [-0.15, -0.1) is 0 Å². The van der Waals surface area contributed by atoms with Crippen LogP contribution in [0, 0.1) is 6.92 Å². The predicted molar refractivity (Wildman–Crippen MR) is 131 cm³/mol. The van der Waals surface area contributed by atoms with Gasteiger partial charge in [-0.1, -0.05) is 0 Å². The van der Waals surface area contributed by atoms with Crippen LogP contribution in [0.25, 0.3) is 16.6 Å². The fraction of sp³-hybridized carbons (Fsp3) is 0.192. The maximum atomic E-state index is 6.10. The highest BCUT2D eigenvalue weighted by Gasteiger charge is 2.09. The largest absolute Gasteiger partial charge is 0.491 e. The van der Waals surface area contributed by atoms with E-state index < -0.39 is 0 Å². The number of nitrogens with one attached hydrogen (secondary N) is 1. The van der Waals surface area contributed by atoms with Crippen LogP contribution in [0.2, 0.25) is 0 Å². The summed E-state index contributed by atoms with van der Waals surface area (Å²) in [5.74, 6) is 2.97. The number of rotatable bonds is 9. The van der Waals surface area contributed by atoms with Crippen molar-refractivity contribution in [2.75, 3.05) is 25.1 Å². The summed E-state index contributed by atoms with van der Waals surface area (Å²) in [5.41, 5.74) is 3.56. The molecule has 0 unspecified atom stereocenters. The summed E-state index contributed by atoms with van der Waals surface area (Å²) >= 11 is 0. The summed E-state index contributed by atoms with van der Waals surface area (Å²) in [5, 5.41) is 4.28. The Bertz CT molecular complexity index is 1430. The fourth-order valence-corrected chi connectivity index (χ4v) is 3.65. The summed E-state index contributed by atoms with van der Waals surface area (Å²) in [6.07, 6.45) is 7.14. The molecule has 0 aliphatic heterocycles. The van der Waals surface area contributed by atoms with Gasteiger partial charge in [0.1, 0.15) is 41.6 Å². The first kappa shape index (κ1) is 21.7. The zero-order chi connectivity index (χ0) is 23.3. The second-order valence-electron chi connectivity index (χ2n) is 7.71.